The number of nitrogens with one attached hydrogen (secondary N) is 1. The van der Waals surface area contributed by atoms with Crippen molar-refractivity contribution in [3.05, 3.63) is 59.1 Å². The van der Waals surface area contributed by atoms with Crippen LogP contribution in [0.1, 0.15) is 12.0 Å². The molecule has 2 aromatic carbocycles. The predicted octanol–water partition coefficient (Wildman–Crippen LogP) is 3.57. The van der Waals surface area contributed by atoms with Crippen LogP contribution in [-0.4, -0.2) is 42.9 Å². The summed E-state index contributed by atoms with van der Waals surface area (Å²) in [6.45, 7) is 4.96. The van der Waals surface area contributed by atoms with Crippen LogP contribution in [0.25, 0.3) is 0 Å². The van der Waals surface area contributed by atoms with Gasteiger partial charge in [0.15, 0.2) is 0 Å². The van der Waals surface area contributed by atoms with E-state index in [0.717, 1.165) is 18.7 Å². The van der Waals surface area contributed by atoms with Gasteiger partial charge in [-0.05, 0) is 43.2 Å². The zero-order chi connectivity index (χ0) is 19.7. The first-order valence-corrected chi connectivity index (χ1v) is 10.1. The average Bonchev–Trinajstić information content (AvgIpc) is 3.52. The van der Waals surface area contributed by atoms with Gasteiger partial charge in [0.1, 0.15) is 0 Å². The Kier molecular flexibility index (Phi) is 5.27. The molecule has 2 amide bonds. The maximum atomic E-state index is 12.8. The summed E-state index contributed by atoms with van der Waals surface area (Å²) in [7, 11) is 0. The Hall–Kier alpha value is -2.53. The summed E-state index contributed by atoms with van der Waals surface area (Å²) in [5.41, 5.74) is 2.83. The number of para-hydroxylation sites is 1. The van der Waals surface area contributed by atoms with Crippen LogP contribution >= 0.6 is 11.6 Å². The van der Waals surface area contributed by atoms with E-state index >= 15 is 0 Å². The van der Waals surface area contributed by atoms with E-state index in [1.54, 1.807) is 6.07 Å². The normalized spacial score (nSPS) is 21.4. The van der Waals surface area contributed by atoms with E-state index in [1.807, 2.05) is 42.2 Å². The van der Waals surface area contributed by atoms with Crippen LogP contribution in [0.3, 0.4) is 0 Å². The van der Waals surface area contributed by atoms with Gasteiger partial charge in [-0.2, -0.15) is 0 Å². The molecular weight excluding hydrogens is 374 g/mol. The van der Waals surface area contributed by atoms with Crippen molar-refractivity contribution in [1.82, 2.24) is 4.90 Å². The summed E-state index contributed by atoms with van der Waals surface area (Å²) in [6.07, 6.45) is 0.628. The number of hydrogen-bond donors (Lipinski definition) is 1. The molecule has 0 radical (unpaired) electrons. The van der Waals surface area contributed by atoms with E-state index in [2.05, 4.69) is 22.3 Å². The third-order valence-corrected chi connectivity index (χ3v) is 6.00. The maximum absolute atomic E-state index is 12.8. The van der Waals surface area contributed by atoms with Crippen molar-refractivity contribution in [1.29, 1.82) is 0 Å². The highest BCUT2D eigenvalue weighted by Gasteiger charge is 2.49. The van der Waals surface area contributed by atoms with Crippen molar-refractivity contribution in [3.63, 3.8) is 0 Å². The number of rotatable bonds is 4. The highest BCUT2D eigenvalue weighted by molar-refractivity contribution is 6.31. The first-order chi connectivity index (χ1) is 13.5. The molecule has 2 unspecified atom stereocenters. The number of aryl methyl sites for hydroxylation is 1. The van der Waals surface area contributed by atoms with Gasteiger partial charge in [0.2, 0.25) is 11.8 Å². The smallest absolute Gasteiger partial charge is 0.228 e. The molecule has 2 aromatic rings. The molecule has 1 saturated carbocycles. The van der Waals surface area contributed by atoms with Crippen molar-refractivity contribution in [2.24, 2.45) is 11.8 Å². The number of carbonyl (C=O) groups excluding carboxylic acids is 2. The van der Waals surface area contributed by atoms with E-state index < -0.39 is 0 Å². The number of carbonyl (C=O) groups is 2. The van der Waals surface area contributed by atoms with E-state index in [4.69, 9.17) is 11.6 Å². The topological polar surface area (TPSA) is 52.7 Å². The number of nitrogens with zero attached hydrogens (tertiary/aromatic N) is 2. The quantitative estimate of drug-likeness (QED) is 0.858. The molecule has 146 valence electrons. The minimum absolute atomic E-state index is 0.0961. The number of piperazine rings is 1. The second-order valence-electron chi connectivity index (χ2n) is 7.55. The Bertz CT molecular complexity index is 879. The number of benzene rings is 2. The molecule has 4 rings (SSSR count). The van der Waals surface area contributed by atoms with Crippen molar-refractivity contribution < 1.29 is 9.59 Å². The Balaban J connectivity index is 1.28. The lowest BCUT2D eigenvalue weighted by Gasteiger charge is -2.36. The van der Waals surface area contributed by atoms with Crippen LogP contribution in [-0.2, 0) is 9.59 Å². The van der Waals surface area contributed by atoms with Crippen LogP contribution in [0.4, 0.5) is 11.4 Å². The Labute approximate surface area is 170 Å². The number of halogens is 1. The molecule has 1 aliphatic carbocycles. The second-order valence-corrected chi connectivity index (χ2v) is 7.96. The molecule has 6 heteroatoms. The second kappa shape index (κ2) is 7.84. The predicted molar refractivity (Wildman–Crippen MR) is 112 cm³/mol. The van der Waals surface area contributed by atoms with Gasteiger partial charge >= 0.3 is 0 Å². The van der Waals surface area contributed by atoms with Crippen LogP contribution in [0.15, 0.2) is 48.5 Å². The number of amides is 2. The van der Waals surface area contributed by atoms with Crippen molar-refractivity contribution >= 4 is 34.8 Å². The van der Waals surface area contributed by atoms with Crippen LogP contribution in [0.5, 0.6) is 0 Å². The summed E-state index contributed by atoms with van der Waals surface area (Å²) >= 11 is 6.11. The molecule has 5 nitrogen and oxygen atoms in total. The molecule has 2 fully saturated rings. The van der Waals surface area contributed by atoms with Gasteiger partial charge in [-0.15, -0.1) is 0 Å². The summed E-state index contributed by atoms with van der Waals surface area (Å²) in [6, 6.07) is 15.7. The number of anilines is 2. The average molecular weight is 398 g/mol. The summed E-state index contributed by atoms with van der Waals surface area (Å²) in [4.78, 5) is 29.4. The highest BCUT2D eigenvalue weighted by atomic mass is 35.5. The fourth-order valence-corrected chi connectivity index (χ4v) is 3.90. The van der Waals surface area contributed by atoms with Crippen molar-refractivity contribution in [2.45, 2.75) is 13.3 Å². The fraction of sp³-hybridized carbons (Fsp3) is 0.364. The molecule has 2 aliphatic rings. The molecule has 2 atom stereocenters. The standard InChI is InChI=1S/C22H24ClN3O2/c1-15-7-8-16(13-20(15)23)24-21(27)18-14-19(18)22(28)26-11-9-25(10-12-26)17-5-3-2-4-6-17/h2-8,13,18-19H,9-12,14H2,1H3,(H,24,27). The fourth-order valence-electron chi connectivity index (χ4n) is 3.72. The van der Waals surface area contributed by atoms with Gasteiger partial charge in [0.05, 0.1) is 11.8 Å². The van der Waals surface area contributed by atoms with Gasteiger partial charge in [-0.3, -0.25) is 9.59 Å². The molecule has 1 saturated heterocycles. The molecular formula is C22H24ClN3O2. The lowest BCUT2D eigenvalue weighted by atomic mass is 10.2. The summed E-state index contributed by atoms with van der Waals surface area (Å²) < 4.78 is 0. The SMILES string of the molecule is Cc1ccc(NC(=O)C2CC2C(=O)N2CCN(c3ccccc3)CC2)cc1Cl. The van der Waals surface area contributed by atoms with E-state index in [1.165, 1.54) is 5.69 Å². The van der Waals surface area contributed by atoms with Crippen LogP contribution < -0.4 is 10.2 Å². The van der Waals surface area contributed by atoms with E-state index in [0.29, 0.717) is 30.2 Å². The molecule has 28 heavy (non-hydrogen) atoms. The molecule has 0 bridgehead atoms. The lowest BCUT2D eigenvalue weighted by molar-refractivity contribution is -0.134. The van der Waals surface area contributed by atoms with Crippen molar-refractivity contribution in [2.75, 3.05) is 36.4 Å². The first kappa shape index (κ1) is 18.8. The van der Waals surface area contributed by atoms with Gasteiger partial charge < -0.3 is 15.1 Å². The minimum Gasteiger partial charge on any atom is -0.368 e. The summed E-state index contributed by atoms with van der Waals surface area (Å²) in [5.74, 6) is -0.417. The van der Waals surface area contributed by atoms with Gasteiger partial charge in [-0.1, -0.05) is 35.9 Å². The van der Waals surface area contributed by atoms with Gasteiger partial charge in [0, 0.05) is 42.6 Å². The monoisotopic (exact) mass is 397 g/mol. The first-order valence-electron chi connectivity index (χ1n) is 9.69. The molecule has 0 aromatic heterocycles. The Morgan fingerprint density at radius 3 is 2.39 bits per heavy atom. The van der Waals surface area contributed by atoms with E-state index in [9.17, 15) is 9.59 Å². The Morgan fingerprint density at radius 1 is 1.00 bits per heavy atom. The van der Waals surface area contributed by atoms with Gasteiger partial charge in [0.25, 0.3) is 0 Å². The lowest BCUT2D eigenvalue weighted by Crippen LogP contribution is -2.49. The maximum Gasteiger partial charge on any atom is 0.228 e. The molecule has 1 aliphatic heterocycles. The minimum atomic E-state index is -0.236. The van der Waals surface area contributed by atoms with E-state index in [-0.39, 0.29) is 23.7 Å². The van der Waals surface area contributed by atoms with Crippen molar-refractivity contribution in [3.8, 4) is 0 Å². The van der Waals surface area contributed by atoms with Crippen LogP contribution in [0.2, 0.25) is 5.02 Å². The van der Waals surface area contributed by atoms with Gasteiger partial charge in [-0.25, -0.2) is 0 Å². The third-order valence-electron chi connectivity index (χ3n) is 5.60. The zero-order valence-electron chi connectivity index (χ0n) is 15.9. The molecule has 1 N–H and O–H groups in total. The largest absolute Gasteiger partial charge is 0.368 e. The highest BCUT2D eigenvalue weighted by Crippen LogP contribution is 2.41. The molecule has 0 spiro atoms. The summed E-state index contributed by atoms with van der Waals surface area (Å²) in [5, 5.41) is 3.51. The molecule has 1 heterocycles. The van der Waals surface area contributed by atoms with Crippen LogP contribution in [0, 0.1) is 18.8 Å². The number of hydrogen-bond acceptors (Lipinski definition) is 3. The zero-order valence-corrected chi connectivity index (χ0v) is 16.7. The third kappa shape index (κ3) is 3.99. The Morgan fingerprint density at radius 2 is 1.71 bits per heavy atom.